The maximum absolute atomic E-state index is 12.6. The third kappa shape index (κ3) is 6.15. The molecule has 0 atom stereocenters. The molecule has 1 saturated heterocycles. The van der Waals surface area contributed by atoms with E-state index < -0.39 is 10.0 Å². The van der Waals surface area contributed by atoms with Crippen LogP contribution in [0.2, 0.25) is 0 Å². The van der Waals surface area contributed by atoms with Crippen LogP contribution in [0.25, 0.3) is 0 Å². The van der Waals surface area contributed by atoms with Crippen LogP contribution in [-0.4, -0.2) is 57.0 Å². The minimum Gasteiger partial charge on any atom is -0.379 e. The van der Waals surface area contributed by atoms with Gasteiger partial charge < -0.3 is 15.8 Å². The van der Waals surface area contributed by atoms with Gasteiger partial charge in [0, 0.05) is 26.1 Å². The van der Waals surface area contributed by atoms with E-state index in [1.54, 1.807) is 24.3 Å². The minimum atomic E-state index is -3.48. The monoisotopic (exact) mass is 433 g/mol. The number of morpholine rings is 1. The van der Waals surface area contributed by atoms with Gasteiger partial charge in [-0.25, -0.2) is 8.42 Å². The van der Waals surface area contributed by atoms with E-state index in [2.05, 4.69) is 5.32 Å². The lowest BCUT2D eigenvalue weighted by Gasteiger charge is -2.31. The second kappa shape index (κ2) is 11.1. The van der Waals surface area contributed by atoms with Crippen LogP contribution >= 0.6 is 12.4 Å². The van der Waals surface area contributed by atoms with Crippen molar-refractivity contribution in [3.05, 3.63) is 29.8 Å². The van der Waals surface area contributed by atoms with E-state index in [9.17, 15) is 13.2 Å². The highest BCUT2D eigenvalue weighted by atomic mass is 35.5. The van der Waals surface area contributed by atoms with Crippen LogP contribution in [-0.2, 0) is 26.0 Å². The van der Waals surface area contributed by atoms with Crippen molar-refractivity contribution in [2.24, 2.45) is 5.73 Å². The van der Waals surface area contributed by atoms with Crippen LogP contribution in [0.5, 0.6) is 0 Å². The van der Waals surface area contributed by atoms with Crippen LogP contribution in [0.3, 0.4) is 0 Å². The Morgan fingerprint density at radius 2 is 1.75 bits per heavy atom. The molecular formula is C19H32ClN3O4S. The summed E-state index contributed by atoms with van der Waals surface area (Å²) in [6.45, 7) is 6.05. The Morgan fingerprint density at radius 3 is 2.25 bits per heavy atom. The first-order valence-corrected chi connectivity index (χ1v) is 11.0. The summed E-state index contributed by atoms with van der Waals surface area (Å²) >= 11 is 0. The first kappa shape index (κ1) is 24.8. The topological polar surface area (TPSA) is 102 Å². The molecule has 1 aromatic carbocycles. The van der Waals surface area contributed by atoms with E-state index in [1.807, 2.05) is 13.8 Å². The molecule has 1 aliphatic heterocycles. The highest BCUT2D eigenvalue weighted by molar-refractivity contribution is 7.89. The van der Waals surface area contributed by atoms with Gasteiger partial charge >= 0.3 is 0 Å². The average molecular weight is 434 g/mol. The molecule has 3 N–H and O–H groups in total. The summed E-state index contributed by atoms with van der Waals surface area (Å²) in [7, 11) is -3.48. The van der Waals surface area contributed by atoms with Gasteiger partial charge in [0.15, 0.2) is 0 Å². The molecule has 7 nitrogen and oxygen atoms in total. The average Bonchev–Trinajstić information content (AvgIpc) is 2.71. The number of hydrogen-bond acceptors (Lipinski definition) is 5. The molecule has 0 spiro atoms. The second-order valence-corrected chi connectivity index (χ2v) is 8.84. The third-order valence-electron chi connectivity index (χ3n) is 5.32. The van der Waals surface area contributed by atoms with Crippen molar-refractivity contribution in [3.63, 3.8) is 0 Å². The van der Waals surface area contributed by atoms with Gasteiger partial charge in [-0.05, 0) is 37.0 Å². The molecule has 1 fully saturated rings. The molecule has 160 valence electrons. The Morgan fingerprint density at radius 1 is 1.18 bits per heavy atom. The number of nitrogens with two attached hydrogens (primary N) is 1. The zero-order chi connectivity index (χ0) is 19.9. The van der Waals surface area contributed by atoms with Gasteiger partial charge in [0.05, 0.1) is 23.6 Å². The zero-order valence-electron chi connectivity index (χ0n) is 16.6. The number of carbonyl (C=O) groups excluding carboxylic acids is 1. The van der Waals surface area contributed by atoms with Crippen molar-refractivity contribution in [1.29, 1.82) is 0 Å². The molecular weight excluding hydrogens is 402 g/mol. The fourth-order valence-corrected chi connectivity index (χ4v) is 4.55. The van der Waals surface area contributed by atoms with Gasteiger partial charge in [-0.15, -0.1) is 12.4 Å². The number of nitrogens with zero attached hydrogens (tertiary/aromatic N) is 1. The number of nitrogens with one attached hydrogen (secondary N) is 1. The number of amides is 1. The van der Waals surface area contributed by atoms with E-state index >= 15 is 0 Å². The van der Waals surface area contributed by atoms with Crippen molar-refractivity contribution >= 4 is 28.3 Å². The predicted octanol–water partition coefficient (Wildman–Crippen LogP) is 1.70. The fourth-order valence-electron chi connectivity index (χ4n) is 3.15. The van der Waals surface area contributed by atoms with Crippen molar-refractivity contribution in [2.75, 3.05) is 32.8 Å². The van der Waals surface area contributed by atoms with E-state index in [0.717, 1.165) is 18.4 Å². The molecule has 1 amide bonds. The molecule has 2 rings (SSSR count). The van der Waals surface area contributed by atoms with Crippen molar-refractivity contribution in [3.8, 4) is 0 Å². The maximum atomic E-state index is 12.6. The summed E-state index contributed by atoms with van der Waals surface area (Å²) in [6, 6.07) is 6.77. The van der Waals surface area contributed by atoms with Crippen LogP contribution < -0.4 is 11.1 Å². The lowest BCUT2D eigenvalue weighted by atomic mass is 9.92. The fraction of sp³-hybridized carbons (Fsp3) is 0.632. The number of hydrogen-bond donors (Lipinski definition) is 2. The number of rotatable bonds is 9. The molecule has 1 aliphatic rings. The van der Waals surface area contributed by atoms with E-state index in [1.165, 1.54) is 4.31 Å². The molecule has 0 saturated carbocycles. The highest BCUT2D eigenvalue weighted by Gasteiger charge is 2.27. The van der Waals surface area contributed by atoms with E-state index in [4.69, 9.17) is 10.5 Å². The SMILES string of the molecule is CCC(CC)(CN)NC(=O)CCc1ccc(S(=O)(=O)N2CCOCC2)cc1.Cl. The smallest absolute Gasteiger partial charge is 0.243 e. The molecule has 0 bridgehead atoms. The standard InChI is InChI=1S/C19H31N3O4S.ClH/c1-3-19(4-2,15-20)21-18(23)10-7-16-5-8-17(9-6-16)27(24,25)22-11-13-26-14-12-22;/h5-6,8-9H,3-4,7,10-15,20H2,1-2H3,(H,21,23);1H. The van der Waals surface area contributed by atoms with Gasteiger partial charge in [0.1, 0.15) is 0 Å². The lowest BCUT2D eigenvalue weighted by Crippen LogP contribution is -2.52. The number of aryl methyl sites for hydroxylation is 1. The van der Waals surface area contributed by atoms with Gasteiger partial charge in [0.2, 0.25) is 15.9 Å². The Bertz CT molecular complexity index is 707. The van der Waals surface area contributed by atoms with Gasteiger partial charge in [-0.2, -0.15) is 4.31 Å². The second-order valence-electron chi connectivity index (χ2n) is 6.90. The summed E-state index contributed by atoms with van der Waals surface area (Å²) < 4.78 is 31.9. The van der Waals surface area contributed by atoms with Gasteiger partial charge in [-0.1, -0.05) is 26.0 Å². The van der Waals surface area contributed by atoms with Crippen LogP contribution in [0.4, 0.5) is 0 Å². The van der Waals surface area contributed by atoms with Gasteiger partial charge in [0.25, 0.3) is 0 Å². The van der Waals surface area contributed by atoms with E-state index in [-0.39, 0.29) is 28.7 Å². The number of sulfonamides is 1. The van der Waals surface area contributed by atoms with Gasteiger partial charge in [-0.3, -0.25) is 4.79 Å². The molecule has 0 radical (unpaired) electrons. The quantitative estimate of drug-likeness (QED) is 0.617. The number of ether oxygens (including phenoxy) is 1. The lowest BCUT2D eigenvalue weighted by molar-refractivity contribution is -0.123. The summed E-state index contributed by atoms with van der Waals surface area (Å²) in [5.74, 6) is -0.0332. The number of benzene rings is 1. The summed E-state index contributed by atoms with van der Waals surface area (Å²) in [6.07, 6.45) is 2.48. The Balaban J connectivity index is 0.00000392. The minimum absolute atomic E-state index is 0. The van der Waals surface area contributed by atoms with Crippen LogP contribution in [0.1, 0.15) is 38.7 Å². The van der Waals surface area contributed by atoms with Crippen molar-refractivity contribution in [1.82, 2.24) is 9.62 Å². The first-order chi connectivity index (χ1) is 12.9. The van der Waals surface area contributed by atoms with Crippen LogP contribution in [0, 0.1) is 0 Å². The first-order valence-electron chi connectivity index (χ1n) is 9.55. The third-order valence-corrected chi connectivity index (χ3v) is 7.23. The molecule has 0 aliphatic carbocycles. The summed E-state index contributed by atoms with van der Waals surface area (Å²) in [5.41, 5.74) is 6.41. The molecule has 1 aromatic rings. The number of carbonyl (C=O) groups is 1. The molecule has 0 aromatic heterocycles. The van der Waals surface area contributed by atoms with Crippen molar-refractivity contribution < 1.29 is 17.9 Å². The normalized spacial score (nSPS) is 15.7. The molecule has 0 unspecified atom stereocenters. The van der Waals surface area contributed by atoms with E-state index in [0.29, 0.717) is 45.7 Å². The van der Waals surface area contributed by atoms with Crippen LogP contribution in [0.15, 0.2) is 29.2 Å². The molecule has 28 heavy (non-hydrogen) atoms. The highest BCUT2D eigenvalue weighted by Crippen LogP contribution is 2.19. The summed E-state index contributed by atoms with van der Waals surface area (Å²) in [4.78, 5) is 12.5. The summed E-state index contributed by atoms with van der Waals surface area (Å²) in [5, 5.41) is 3.05. The maximum Gasteiger partial charge on any atom is 0.243 e. The Kier molecular flexibility index (Phi) is 9.86. The largest absolute Gasteiger partial charge is 0.379 e. The Labute approximate surface area is 174 Å². The zero-order valence-corrected chi connectivity index (χ0v) is 18.3. The molecule has 1 heterocycles. The number of halogens is 1. The Hall–Kier alpha value is -1.19. The molecule has 9 heteroatoms. The predicted molar refractivity (Wildman–Crippen MR) is 112 cm³/mol. The van der Waals surface area contributed by atoms with Crippen molar-refractivity contribution in [2.45, 2.75) is 50.0 Å².